The van der Waals surface area contributed by atoms with E-state index >= 15 is 0 Å². The molecule has 0 amide bonds. The first-order chi connectivity index (χ1) is 9.54. The summed E-state index contributed by atoms with van der Waals surface area (Å²) in [5, 5.41) is -0.0743. The van der Waals surface area contributed by atoms with Gasteiger partial charge in [-0.3, -0.25) is 0 Å². The molecule has 0 aliphatic carbocycles. The summed E-state index contributed by atoms with van der Waals surface area (Å²) in [5.74, 6) is 0.976. The lowest BCUT2D eigenvalue weighted by atomic mass is 10.1. The van der Waals surface area contributed by atoms with E-state index in [1.54, 1.807) is 0 Å². The van der Waals surface area contributed by atoms with E-state index in [1.165, 1.54) is 31.2 Å². The second kappa shape index (κ2) is 6.95. The number of alkyl halides is 1. The topological polar surface area (TPSA) is 17.8 Å². The van der Waals surface area contributed by atoms with Crippen molar-refractivity contribution in [3.8, 4) is 0 Å². The van der Waals surface area contributed by atoms with Crippen molar-refractivity contribution in [2.45, 2.75) is 57.9 Å². The van der Waals surface area contributed by atoms with E-state index in [4.69, 9.17) is 16.6 Å². The highest BCUT2D eigenvalue weighted by Gasteiger charge is 2.19. The second-order valence-electron chi connectivity index (χ2n) is 5.43. The number of nitrogens with zero attached hydrogens (tertiary/aromatic N) is 2. The Labute approximate surface area is 134 Å². The van der Waals surface area contributed by atoms with Gasteiger partial charge in [0.25, 0.3) is 0 Å². The van der Waals surface area contributed by atoms with Crippen molar-refractivity contribution in [1.29, 1.82) is 0 Å². The normalized spacial score (nSPS) is 14.7. The third kappa shape index (κ3) is 3.37. The van der Waals surface area contributed by atoms with Gasteiger partial charge < -0.3 is 4.57 Å². The van der Waals surface area contributed by atoms with Crippen LogP contribution in [0.5, 0.6) is 0 Å². The SMILES string of the molecule is CCCCCC(C)n1c(C(C)Cl)nc2ccc(Br)cc21. The second-order valence-corrected chi connectivity index (χ2v) is 7.00. The Hall–Kier alpha value is -0.540. The molecule has 0 saturated heterocycles. The van der Waals surface area contributed by atoms with Crippen LogP contribution in [0.4, 0.5) is 0 Å². The van der Waals surface area contributed by atoms with Gasteiger partial charge in [0, 0.05) is 10.5 Å². The van der Waals surface area contributed by atoms with Crippen LogP contribution in [0.1, 0.15) is 63.7 Å². The molecule has 0 N–H and O–H groups in total. The van der Waals surface area contributed by atoms with Gasteiger partial charge in [-0.15, -0.1) is 11.6 Å². The smallest absolute Gasteiger partial charge is 0.127 e. The molecule has 20 heavy (non-hydrogen) atoms. The van der Waals surface area contributed by atoms with E-state index < -0.39 is 0 Å². The summed E-state index contributed by atoms with van der Waals surface area (Å²) in [5.41, 5.74) is 2.20. The number of halogens is 2. The Kier molecular flexibility index (Phi) is 5.50. The number of unbranched alkanes of at least 4 members (excludes halogenated alkanes) is 2. The maximum Gasteiger partial charge on any atom is 0.127 e. The van der Waals surface area contributed by atoms with Crippen molar-refractivity contribution < 1.29 is 0 Å². The molecule has 0 fully saturated rings. The van der Waals surface area contributed by atoms with Crippen molar-refractivity contribution in [2.75, 3.05) is 0 Å². The molecule has 1 aromatic heterocycles. The predicted octanol–water partition coefficient (Wildman–Crippen LogP) is 6.24. The number of fused-ring (bicyclic) bond motifs is 1. The predicted molar refractivity (Wildman–Crippen MR) is 90.6 cm³/mol. The van der Waals surface area contributed by atoms with Crippen molar-refractivity contribution >= 4 is 38.6 Å². The fourth-order valence-corrected chi connectivity index (χ4v) is 3.15. The summed E-state index contributed by atoms with van der Waals surface area (Å²) in [6.07, 6.45) is 4.96. The van der Waals surface area contributed by atoms with Gasteiger partial charge >= 0.3 is 0 Å². The zero-order valence-corrected chi connectivity index (χ0v) is 14.7. The molecule has 0 aliphatic heterocycles. The molecule has 4 heteroatoms. The summed E-state index contributed by atoms with van der Waals surface area (Å²) in [4.78, 5) is 4.71. The van der Waals surface area contributed by atoms with Crippen molar-refractivity contribution in [1.82, 2.24) is 9.55 Å². The zero-order chi connectivity index (χ0) is 14.7. The van der Waals surface area contributed by atoms with Gasteiger partial charge in [0.15, 0.2) is 0 Å². The van der Waals surface area contributed by atoms with Crippen molar-refractivity contribution in [3.63, 3.8) is 0 Å². The fraction of sp³-hybridized carbons (Fsp3) is 0.562. The molecule has 2 rings (SSSR count). The number of benzene rings is 1. The molecule has 0 spiro atoms. The van der Waals surface area contributed by atoms with Crippen molar-refractivity contribution in [3.05, 3.63) is 28.5 Å². The third-order valence-corrected chi connectivity index (χ3v) is 4.39. The molecule has 1 aromatic carbocycles. The van der Waals surface area contributed by atoms with Gasteiger partial charge in [-0.2, -0.15) is 0 Å². The molecule has 2 unspecified atom stereocenters. The monoisotopic (exact) mass is 356 g/mol. The summed E-state index contributed by atoms with van der Waals surface area (Å²) in [6.45, 7) is 6.49. The number of hydrogen-bond donors (Lipinski definition) is 0. The number of rotatable bonds is 6. The summed E-state index contributed by atoms with van der Waals surface area (Å²) in [7, 11) is 0. The van der Waals surface area contributed by atoms with E-state index in [2.05, 4.69) is 46.5 Å². The van der Waals surface area contributed by atoms with E-state index in [9.17, 15) is 0 Å². The highest BCUT2D eigenvalue weighted by molar-refractivity contribution is 9.10. The maximum absolute atomic E-state index is 6.33. The Morgan fingerprint density at radius 1 is 1.30 bits per heavy atom. The minimum atomic E-state index is -0.0743. The van der Waals surface area contributed by atoms with Crippen LogP contribution >= 0.6 is 27.5 Å². The van der Waals surface area contributed by atoms with Crippen LogP contribution in [-0.4, -0.2) is 9.55 Å². The number of hydrogen-bond acceptors (Lipinski definition) is 1. The average Bonchev–Trinajstić information content (AvgIpc) is 2.77. The first kappa shape index (κ1) is 15.8. The standard InChI is InChI=1S/C16H22BrClN2/c1-4-5-6-7-11(2)20-15-10-13(17)8-9-14(15)19-16(20)12(3)18/h8-12H,4-7H2,1-3H3. The van der Waals surface area contributed by atoms with Crippen LogP contribution in [0, 0.1) is 0 Å². The van der Waals surface area contributed by atoms with Crippen LogP contribution in [0.15, 0.2) is 22.7 Å². The van der Waals surface area contributed by atoms with Crippen LogP contribution in [0.3, 0.4) is 0 Å². The van der Waals surface area contributed by atoms with Crippen LogP contribution < -0.4 is 0 Å². The minimum Gasteiger partial charge on any atom is -0.324 e. The van der Waals surface area contributed by atoms with Gasteiger partial charge in [0.1, 0.15) is 5.82 Å². The molecule has 110 valence electrons. The Morgan fingerprint density at radius 3 is 2.70 bits per heavy atom. The van der Waals surface area contributed by atoms with E-state index in [0.29, 0.717) is 6.04 Å². The van der Waals surface area contributed by atoms with Gasteiger partial charge in [-0.05, 0) is 38.5 Å². The first-order valence-corrected chi connectivity index (χ1v) is 8.59. The minimum absolute atomic E-state index is 0.0743. The lowest BCUT2D eigenvalue weighted by Crippen LogP contribution is -2.10. The van der Waals surface area contributed by atoms with E-state index in [0.717, 1.165) is 15.8 Å². The Balaban J connectivity index is 2.42. The van der Waals surface area contributed by atoms with E-state index in [-0.39, 0.29) is 5.38 Å². The highest BCUT2D eigenvalue weighted by atomic mass is 79.9. The molecule has 2 nitrogen and oxygen atoms in total. The van der Waals surface area contributed by atoms with Gasteiger partial charge in [0.2, 0.25) is 0 Å². The third-order valence-electron chi connectivity index (χ3n) is 3.70. The molecule has 0 radical (unpaired) electrons. The van der Waals surface area contributed by atoms with Gasteiger partial charge in [-0.1, -0.05) is 42.1 Å². The molecule has 0 aliphatic rings. The molecule has 0 bridgehead atoms. The quantitative estimate of drug-likeness (QED) is 0.442. The first-order valence-electron chi connectivity index (χ1n) is 7.36. The molecule has 1 heterocycles. The van der Waals surface area contributed by atoms with E-state index in [1.807, 2.05) is 13.0 Å². The summed E-state index contributed by atoms with van der Waals surface area (Å²) in [6, 6.07) is 6.65. The summed E-state index contributed by atoms with van der Waals surface area (Å²) < 4.78 is 3.40. The van der Waals surface area contributed by atoms with Gasteiger partial charge in [0.05, 0.1) is 16.4 Å². The fourth-order valence-electron chi connectivity index (χ4n) is 2.65. The van der Waals surface area contributed by atoms with Crippen LogP contribution in [-0.2, 0) is 0 Å². The lowest BCUT2D eigenvalue weighted by molar-refractivity contribution is 0.472. The number of aromatic nitrogens is 2. The maximum atomic E-state index is 6.33. The molecule has 0 saturated carbocycles. The average molecular weight is 358 g/mol. The molecular weight excluding hydrogens is 336 g/mol. The zero-order valence-electron chi connectivity index (χ0n) is 12.4. The molecule has 2 aromatic rings. The van der Waals surface area contributed by atoms with Crippen LogP contribution in [0.2, 0.25) is 0 Å². The lowest BCUT2D eigenvalue weighted by Gasteiger charge is -2.18. The van der Waals surface area contributed by atoms with Crippen LogP contribution in [0.25, 0.3) is 11.0 Å². The highest BCUT2D eigenvalue weighted by Crippen LogP contribution is 2.31. The molecule has 2 atom stereocenters. The Bertz CT molecular complexity index is 577. The van der Waals surface area contributed by atoms with Gasteiger partial charge in [-0.25, -0.2) is 4.98 Å². The summed E-state index contributed by atoms with van der Waals surface area (Å²) >= 11 is 9.88. The molecular formula is C16H22BrClN2. The number of imidazole rings is 1. The van der Waals surface area contributed by atoms with Crippen molar-refractivity contribution in [2.24, 2.45) is 0 Å². The Morgan fingerprint density at radius 2 is 2.05 bits per heavy atom. The largest absolute Gasteiger partial charge is 0.324 e.